The molecule has 0 aliphatic carbocycles. The third-order valence-electron chi connectivity index (χ3n) is 4.02. The molecule has 26 heavy (non-hydrogen) atoms. The number of aliphatic hydroxyl groups is 2. The molecule has 0 amide bonds. The van der Waals surface area contributed by atoms with Crippen LogP contribution in [0.25, 0.3) is 16.9 Å². The van der Waals surface area contributed by atoms with Gasteiger partial charge in [-0.2, -0.15) is 0 Å². The summed E-state index contributed by atoms with van der Waals surface area (Å²) in [7, 11) is 0. The summed E-state index contributed by atoms with van der Waals surface area (Å²) in [5.41, 5.74) is 2.10. The van der Waals surface area contributed by atoms with Gasteiger partial charge in [0.15, 0.2) is 17.0 Å². The molecule has 0 saturated heterocycles. The molecule has 136 valence electrons. The summed E-state index contributed by atoms with van der Waals surface area (Å²) >= 11 is 0. The van der Waals surface area contributed by atoms with Crippen LogP contribution < -0.4 is 4.90 Å². The highest BCUT2D eigenvalue weighted by atomic mass is 16.6. The van der Waals surface area contributed by atoms with Crippen molar-refractivity contribution in [1.82, 2.24) is 19.5 Å². The van der Waals surface area contributed by atoms with E-state index in [0.717, 1.165) is 0 Å². The second-order valence-electron chi connectivity index (χ2n) is 5.65. The van der Waals surface area contributed by atoms with Crippen molar-refractivity contribution in [2.24, 2.45) is 0 Å². The van der Waals surface area contributed by atoms with Crippen LogP contribution in [-0.2, 0) is 0 Å². The highest BCUT2D eigenvalue weighted by molar-refractivity contribution is 5.84. The van der Waals surface area contributed by atoms with E-state index in [4.69, 9.17) is 0 Å². The summed E-state index contributed by atoms with van der Waals surface area (Å²) < 4.78 is 1.64. The van der Waals surface area contributed by atoms with E-state index in [2.05, 4.69) is 15.0 Å². The first-order valence-corrected chi connectivity index (χ1v) is 7.97. The Morgan fingerprint density at radius 1 is 1.19 bits per heavy atom. The van der Waals surface area contributed by atoms with Gasteiger partial charge in [-0.15, -0.1) is 0 Å². The van der Waals surface area contributed by atoms with Crippen LogP contribution in [0.1, 0.15) is 5.56 Å². The average molecular weight is 358 g/mol. The number of nitrogens with zero attached hydrogens (tertiary/aromatic N) is 6. The van der Waals surface area contributed by atoms with Gasteiger partial charge in [0.1, 0.15) is 12.7 Å². The maximum atomic E-state index is 11.2. The molecule has 0 aliphatic rings. The monoisotopic (exact) mass is 358 g/mol. The van der Waals surface area contributed by atoms with Crippen LogP contribution in [0.5, 0.6) is 0 Å². The molecule has 2 heterocycles. The molecule has 2 N–H and O–H groups in total. The summed E-state index contributed by atoms with van der Waals surface area (Å²) in [4.78, 5) is 25.3. The van der Waals surface area contributed by atoms with Crippen LogP contribution in [0.2, 0.25) is 0 Å². The van der Waals surface area contributed by atoms with Gasteiger partial charge in [0.25, 0.3) is 5.69 Å². The molecule has 0 saturated carbocycles. The molecule has 0 fully saturated rings. The number of rotatable bonds is 7. The Bertz CT molecular complexity index is 936. The molecule has 0 spiro atoms. The second-order valence-corrected chi connectivity index (χ2v) is 5.65. The summed E-state index contributed by atoms with van der Waals surface area (Å²) in [6.07, 6.45) is 2.88. The summed E-state index contributed by atoms with van der Waals surface area (Å²) in [6.45, 7) is 2.05. The van der Waals surface area contributed by atoms with Gasteiger partial charge in [0, 0.05) is 24.7 Å². The second kappa shape index (κ2) is 7.42. The molecule has 0 bridgehead atoms. The summed E-state index contributed by atoms with van der Waals surface area (Å²) in [6, 6.07) is 4.90. The molecule has 0 aliphatic heterocycles. The topological polar surface area (TPSA) is 130 Å². The van der Waals surface area contributed by atoms with Gasteiger partial charge in [-0.3, -0.25) is 14.7 Å². The van der Waals surface area contributed by atoms with E-state index in [9.17, 15) is 20.3 Å². The SMILES string of the molecule is Cc1ccc(-n2cnc3c(N(CCO)CCO)ncnc32)cc1[N+](=O)[O-]. The Morgan fingerprint density at radius 3 is 2.58 bits per heavy atom. The number of aliphatic hydroxyl groups excluding tert-OH is 2. The minimum atomic E-state index is -0.428. The molecule has 10 nitrogen and oxygen atoms in total. The van der Waals surface area contributed by atoms with Crippen LogP contribution in [-0.4, -0.2) is 61.0 Å². The molecular weight excluding hydrogens is 340 g/mol. The standard InChI is InChI=1S/C16H18N6O4/c1-11-2-3-12(8-13(11)22(25)26)21-10-19-14-15(17-9-18-16(14)21)20(4-6-23)5-7-24/h2-3,8-10,23-24H,4-7H2,1H3. The van der Waals surface area contributed by atoms with Crippen molar-refractivity contribution < 1.29 is 15.1 Å². The number of hydrogen-bond donors (Lipinski definition) is 2. The van der Waals surface area contributed by atoms with Gasteiger partial charge < -0.3 is 15.1 Å². The molecule has 0 unspecified atom stereocenters. The first-order valence-electron chi connectivity index (χ1n) is 7.97. The van der Waals surface area contributed by atoms with Crippen molar-refractivity contribution in [2.45, 2.75) is 6.92 Å². The third kappa shape index (κ3) is 3.19. The first kappa shape index (κ1) is 17.7. The zero-order valence-corrected chi connectivity index (χ0v) is 14.1. The molecule has 0 atom stereocenters. The minimum Gasteiger partial charge on any atom is -0.395 e. The first-order chi connectivity index (χ1) is 12.6. The van der Waals surface area contributed by atoms with Crippen molar-refractivity contribution >= 4 is 22.7 Å². The summed E-state index contributed by atoms with van der Waals surface area (Å²) in [5.74, 6) is 0.485. The van der Waals surface area contributed by atoms with Crippen molar-refractivity contribution in [3.8, 4) is 5.69 Å². The van der Waals surface area contributed by atoms with Gasteiger partial charge in [-0.25, -0.2) is 15.0 Å². The lowest BCUT2D eigenvalue weighted by atomic mass is 10.2. The van der Waals surface area contributed by atoms with Crippen molar-refractivity contribution in [3.05, 3.63) is 46.5 Å². The minimum absolute atomic E-state index is 0.0146. The Hall–Kier alpha value is -3.11. The summed E-state index contributed by atoms with van der Waals surface area (Å²) in [5, 5.41) is 29.7. The fraction of sp³-hybridized carbons (Fsp3) is 0.312. The number of aryl methyl sites for hydroxylation is 1. The Balaban J connectivity index is 2.11. The van der Waals surface area contributed by atoms with Crippen LogP contribution >= 0.6 is 0 Å². The lowest BCUT2D eigenvalue weighted by Crippen LogP contribution is -2.30. The zero-order valence-electron chi connectivity index (χ0n) is 14.1. The number of nitro benzene ring substituents is 1. The predicted octanol–water partition coefficient (Wildman–Crippen LogP) is 0.823. The molecule has 3 rings (SSSR count). The van der Waals surface area contributed by atoms with Gasteiger partial charge in [0.2, 0.25) is 0 Å². The lowest BCUT2D eigenvalue weighted by molar-refractivity contribution is -0.385. The molecular formula is C16H18N6O4. The van der Waals surface area contributed by atoms with Crippen molar-refractivity contribution in [1.29, 1.82) is 0 Å². The molecule has 1 aromatic carbocycles. The maximum Gasteiger partial charge on any atom is 0.274 e. The number of nitro groups is 1. The number of fused-ring (bicyclic) bond motifs is 1. The highest BCUT2D eigenvalue weighted by Crippen LogP contribution is 2.26. The molecule has 3 aromatic rings. The number of imidazole rings is 1. The smallest absolute Gasteiger partial charge is 0.274 e. The maximum absolute atomic E-state index is 11.2. The number of hydrogen-bond acceptors (Lipinski definition) is 8. The van der Waals surface area contributed by atoms with E-state index in [0.29, 0.717) is 28.2 Å². The predicted molar refractivity (Wildman–Crippen MR) is 94.4 cm³/mol. The highest BCUT2D eigenvalue weighted by Gasteiger charge is 2.18. The van der Waals surface area contributed by atoms with Crippen LogP contribution in [0, 0.1) is 17.0 Å². The number of benzene rings is 1. The number of aromatic nitrogens is 4. The van der Waals surface area contributed by atoms with Crippen molar-refractivity contribution in [2.75, 3.05) is 31.2 Å². The largest absolute Gasteiger partial charge is 0.395 e. The van der Waals surface area contributed by atoms with E-state index in [-0.39, 0.29) is 32.0 Å². The van der Waals surface area contributed by atoms with Gasteiger partial charge in [0.05, 0.1) is 23.8 Å². The molecule has 2 aromatic heterocycles. The van der Waals surface area contributed by atoms with Crippen molar-refractivity contribution in [3.63, 3.8) is 0 Å². The van der Waals surface area contributed by atoms with Gasteiger partial charge in [-0.1, -0.05) is 6.07 Å². The fourth-order valence-electron chi connectivity index (χ4n) is 2.75. The van der Waals surface area contributed by atoms with Gasteiger partial charge >= 0.3 is 0 Å². The molecule has 0 radical (unpaired) electrons. The van der Waals surface area contributed by atoms with E-state index >= 15 is 0 Å². The van der Waals surface area contributed by atoms with E-state index in [1.807, 2.05) is 0 Å². The van der Waals surface area contributed by atoms with Crippen LogP contribution in [0.15, 0.2) is 30.9 Å². The van der Waals surface area contributed by atoms with E-state index in [1.54, 1.807) is 28.5 Å². The lowest BCUT2D eigenvalue weighted by Gasteiger charge is -2.21. The normalized spacial score (nSPS) is 11.0. The molecule has 10 heteroatoms. The average Bonchev–Trinajstić information content (AvgIpc) is 3.06. The Labute approximate surface area is 148 Å². The number of anilines is 1. The Kier molecular flexibility index (Phi) is 5.05. The quantitative estimate of drug-likeness (QED) is 0.469. The third-order valence-corrected chi connectivity index (χ3v) is 4.02. The van der Waals surface area contributed by atoms with E-state index in [1.165, 1.54) is 18.7 Å². The zero-order chi connectivity index (χ0) is 18.7. The van der Waals surface area contributed by atoms with Gasteiger partial charge in [-0.05, 0) is 13.0 Å². The van der Waals surface area contributed by atoms with Crippen LogP contribution in [0.4, 0.5) is 11.5 Å². The van der Waals surface area contributed by atoms with E-state index < -0.39 is 4.92 Å². The fourth-order valence-corrected chi connectivity index (χ4v) is 2.75. The Morgan fingerprint density at radius 2 is 1.92 bits per heavy atom. The van der Waals surface area contributed by atoms with Crippen LogP contribution in [0.3, 0.4) is 0 Å².